The molecule has 0 aromatic carbocycles. The first-order valence-electron chi connectivity index (χ1n) is 5.18. The molecule has 0 aliphatic rings. The van der Waals surface area contributed by atoms with E-state index in [0.717, 1.165) is 0 Å². The average Bonchev–Trinajstić information content (AvgIpc) is 2.27. The van der Waals surface area contributed by atoms with Crippen LogP contribution in [0, 0.1) is 12.7 Å². The molecule has 1 rings (SSSR count). The highest BCUT2D eigenvalue weighted by atomic mass is 19.4. The van der Waals surface area contributed by atoms with Crippen molar-refractivity contribution in [2.75, 3.05) is 25.6 Å². The topological polar surface area (TPSA) is 47.0 Å². The zero-order chi connectivity index (χ0) is 13.8. The summed E-state index contributed by atoms with van der Waals surface area (Å²) in [6.07, 6.45) is -4.26. The summed E-state index contributed by atoms with van der Waals surface area (Å²) in [6, 6.07) is 0. The fraction of sp³-hybridized carbons (Fsp3) is 0.600. The largest absolute Gasteiger partial charge is 0.411 e. The molecule has 0 unspecified atom stereocenters. The molecule has 0 aliphatic carbocycles. The minimum atomic E-state index is -4.35. The highest BCUT2D eigenvalue weighted by Crippen LogP contribution is 2.15. The maximum atomic E-state index is 13.4. The number of hydrogen-bond acceptors (Lipinski definition) is 4. The molecule has 0 amide bonds. The molecule has 1 N–H and O–H groups in total. The second-order valence-electron chi connectivity index (χ2n) is 3.56. The fourth-order valence-corrected chi connectivity index (χ4v) is 1.25. The maximum Gasteiger partial charge on any atom is 0.411 e. The van der Waals surface area contributed by atoms with E-state index < -0.39 is 18.6 Å². The van der Waals surface area contributed by atoms with E-state index in [-0.39, 0.29) is 30.4 Å². The molecular formula is C10H13F4N3O. The summed E-state index contributed by atoms with van der Waals surface area (Å²) in [5.74, 6) is -0.314. The summed E-state index contributed by atoms with van der Waals surface area (Å²) in [4.78, 5) is 7.66. The molecule has 4 nitrogen and oxygen atoms in total. The molecule has 18 heavy (non-hydrogen) atoms. The molecule has 0 fully saturated rings. The lowest BCUT2D eigenvalue weighted by atomic mass is 10.3. The zero-order valence-electron chi connectivity index (χ0n) is 9.94. The van der Waals surface area contributed by atoms with Gasteiger partial charge in [0, 0.05) is 13.5 Å². The number of anilines is 1. The van der Waals surface area contributed by atoms with Gasteiger partial charge in [0.1, 0.15) is 12.4 Å². The molecule has 0 saturated heterocycles. The Kier molecular flexibility index (Phi) is 4.83. The number of aryl methyl sites for hydroxylation is 1. The Morgan fingerprint density at radius 3 is 2.50 bits per heavy atom. The lowest BCUT2D eigenvalue weighted by molar-refractivity contribution is -0.173. The molecular weight excluding hydrogens is 254 g/mol. The first-order valence-corrected chi connectivity index (χ1v) is 5.18. The van der Waals surface area contributed by atoms with Crippen LogP contribution in [0.25, 0.3) is 0 Å². The zero-order valence-corrected chi connectivity index (χ0v) is 9.94. The van der Waals surface area contributed by atoms with Crippen LogP contribution in [0.15, 0.2) is 0 Å². The molecule has 0 aliphatic heterocycles. The predicted octanol–water partition coefficient (Wildman–Crippen LogP) is 2.09. The van der Waals surface area contributed by atoms with Crippen LogP contribution in [0.2, 0.25) is 0 Å². The van der Waals surface area contributed by atoms with E-state index in [2.05, 4.69) is 20.0 Å². The number of aromatic nitrogens is 2. The molecule has 0 saturated carbocycles. The van der Waals surface area contributed by atoms with Crippen LogP contribution in [0.4, 0.5) is 23.4 Å². The van der Waals surface area contributed by atoms with Gasteiger partial charge < -0.3 is 10.1 Å². The lowest BCUT2D eigenvalue weighted by Gasteiger charge is -2.09. The van der Waals surface area contributed by atoms with Crippen LogP contribution >= 0.6 is 0 Å². The van der Waals surface area contributed by atoms with Gasteiger partial charge in [0.2, 0.25) is 0 Å². The molecule has 1 aromatic heterocycles. The predicted molar refractivity (Wildman–Crippen MR) is 56.9 cm³/mol. The number of ether oxygens (including phenoxy) is 1. The van der Waals surface area contributed by atoms with Crippen molar-refractivity contribution in [2.45, 2.75) is 19.5 Å². The third kappa shape index (κ3) is 4.44. The quantitative estimate of drug-likeness (QED) is 0.655. The van der Waals surface area contributed by atoms with Crippen molar-refractivity contribution in [1.29, 1.82) is 0 Å². The first kappa shape index (κ1) is 14.6. The highest BCUT2D eigenvalue weighted by Gasteiger charge is 2.27. The third-order valence-corrected chi connectivity index (χ3v) is 2.04. The van der Waals surface area contributed by atoms with Gasteiger partial charge in [0.05, 0.1) is 12.3 Å². The Morgan fingerprint density at radius 1 is 1.28 bits per heavy atom. The molecule has 0 spiro atoms. The normalized spacial score (nSPS) is 11.7. The summed E-state index contributed by atoms with van der Waals surface area (Å²) in [5.41, 5.74) is 0.139. The number of halogens is 4. The summed E-state index contributed by atoms with van der Waals surface area (Å²) in [6.45, 7) is -0.0300. The second-order valence-corrected chi connectivity index (χ2v) is 3.56. The van der Waals surface area contributed by atoms with Crippen molar-refractivity contribution in [1.82, 2.24) is 9.97 Å². The minimum Gasteiger partial charge on any atom is -0.372 e. The number of nitrogens with zero attached hydrogens (tertiary/aromatic N) is 2. The Labute approximate surface area is 101 Å². The monoisotopic (exact) mass is 267 g/mol. The Balaban J connectivity index is 2.55. The van der Waals surface area contributed by atoms with Crippen molar-refractivity contribution >= 4 is 5.82 Å². The SMILES string of the molecule is CNc1nc(CCOCC(F)(F)F)nc(C)c1F. The van der Waals surface area contributed by atoms with Gasteiger partial charge in [-0.3, -0.25) is 0 Å². The van der Waals surface area contributed by atoms with Crippen molar-refractivity contribution in [2.24, 2.45) is 0 Å². The van der Waals surface area contributed by atoms with Crippen molar-refractivity contribution < 1.29 is 22.3 Å². The van der Waals surface area contributed by atoms with Gasteiger partial charge in [-0.2, -0.15) is 13.2 Å². The van der Waals surface area contributed by atoms with Gasteiger partial charge in [0.15, 0.2) is 11.6 Å². The Hall–Kier alpha value is -1.44. The summed E-state index contributed by atoms with van der Waals surface area (Å²) >= 11 is 0. The van der Waals surface area contributed by atoms with Gasteiger partial charge in [-0.15, -0.1) is 0 Å². The Bertz CT molecular complexity index is 409. The van der Waals surface area contributed by atoms with Crippen LogP contribution in [-0.4, -0.2) is 36.4 Å². The maximum absolute atomic E-state index is 13.4. The van der Waals surface area contributed by atoms with Gasteiger partial charge in [-0.25, -0.2) is 14.4 Å². The molecule has 1 aromatic rings. The molecule has 8 heteroatoms. The van der Waals surface area contributed by atoms with Crippen LogP contribution in [0.3, 0.4) is 0 Å². The molecule has 1 heterocycles. The van der Waals surface area contributed by atoms with Crippen molar-refractivity contribution in [3.05, 3.63) is 17.3 Å². The summed E-state index contributed by atoms with van der Waals surface area (Å²) in [5, 5.41) is 2.54. The highest BCUT2D eigenvalue weighted by molar-refractivity contribution is 5.37. The van der Waals surface area contributed by atoms with Gasteiger partial charge in [-0.1, -0.05) is 0 Å². The van der Waals surface area contributed by atoms with E-state index in [1.807, 2.05) is 0 Å². The van der Waals surface area contributed by atoms with E-state index in [0.29, 0.717) is 0 Å². The van der Waals surface area contributed by atoms with Crippen LogP contribution in [0.1, 0.15) is 11.5 Å². The van der Waals surface area contributed by atoms with Gasteiger partial charge >= 0.3 is 6.18 Å². The second kappa shape index (κ2) is 5.94. The van der Waals surface area contributed by atoms with E-state index in [9.17, 15) is 17.6 Å². The van der Waals surface area contributed by atoms with Crippen LogP contribution < -0.4 is 5.32 Å². The molecule has 0 radical (unpaired) electrons. The standard InChI is InChI=1S/C10H13F4N3O/c1-6-8(11)9(15-2)17-7(16-6)3-4-18-5-10(12,13)14/h3-5H2,1-2H3,(H,15,16,17). The minimum absolute atomic E-state index is 0.0216. The van der Waals surface area contributed by atoms with Crippen LogP contribution in [0.5, 0.6) is 0 Å². The molecule has 0 atom stereocenters. The van der Waals surface area contributed by atoms with Crippen LogP contribution in [-0.2, 0) is 11.2 Å². The average molecular weight is 267 g/mol. The van der Waals surface area contributed by atoms with Crippen molar-refractivity contribution in [3.8, 4) is 0 Å². The third-order valence-electron chi connectivity index (χ3n) is 2.04. The number of alkyl halides is 3. The number of rotatable bonds is 5. The molecule has 0 bridgehead atoms. The smallest absolute Gasteiger partial charge is 0.372 e. The van der Waals surface area contributed by atoms with Crippen molar-refractivity contribution in [3.63, 3.8) is 0 Å². The number of nitrogens with one attached hydrogen (secondary N) is 1. The van der Waals surface area contributed by atoms with Gasteiger partial charge in [0.25, 0.3) is 0 Å². The lowest BCUT2D eigenvalue weighted by Crippen LogP contribution is -2.18. The summed E-state index contributed by atoms with van der Waals surface area (Å²) in [7, 11) is 1.49. The summed E-state index contributed by atoms with van der Waals surface area (Å²) < 4.78 is 53.2. The first-order chi connectivity index (χ1) is 8.33. The molecule has 102 valence electrons. The fourth-order valence-electron chi connectivity index (χ4n) is 1.25. The Morgan fingerprint density at radius 2 is 1.94 bits per heavy atom. The van der Waals surface area contributed by atoms with E-state index in [4.69, 9.17) is 0 Å². The van der Waals surface area contributed by atoms with E-state index >= 15 is 0 Å². The van der Waals surface area contributed by atoms with E-state index in [1.165, 1.54) is 14.0 Å². The van der Waals surface area contributed by atoms with E-state index in [1.54, 1.807) is 0 Å². The van der Waals surface area contributed by atoms with Gasteiger partial charge in [-0.05, 0) is 6.92 Å². The number of hydrogen-bond donors (Lipinski definition) is 1.